The van der Waals surface area contributed by atoms with Crippen molar-refractivity contribution in [3.63, 3.8) is 0 Å². The number of hydrogen-bond donors (Lipinski definition) is 0. The molecule has 5 heteroatoms. The average molecular weight is 268 g/mol. The van der Waals surface area contributed by atoms with E-state index in [2.05, 4.69) is 10.9 Å². The molecule has 0 N–H and O–H groups in total. The number of ether oxygens (including phenoxy) is 2. The number of methoxy groups -OCH3 is 1. The van der Waals surface area contributed by atoms with E-state index in [1.54, 1.807) is 24.4 Å². The van der Waals surface area contributed by atoms with E-state index in [4.69, 9.17) is 15.9 Å². The smallest absolute Gasteiger partial charge is 0.337 e. The highest BCUT2D eigenvalue weighted by atomic mass is 16.5. The predicted octanol–water partition coefficient (Wildman–Crippen LogP) is 1.71. The summed E-state index contributed by atoms with van der Waals surface area (Å²) in [5.41, 5.74) is 1.76. The molecule has 0 aliphatic carbocycles. The number of terminal acetylenes is 1. The number of carbonyl (C=O) groups excluding carboxylic acids is 1. The van der Waals surface area contributed by atoms with Crippen molar-refractivity contribution in [3.05, 3.63) is 35.7 Å². The molecule has 0 atom stereocenters. The van der Waals surface area contributed by atoms with Crippen molar-refractivity contribution in [2.75, 3.05) is 13.7 Å². The predicted molar refractivity (Wildman–Crippen MR) is 72.4 cm³/mol. The third-order valence-electron chi connectivity index (χ3n) is 3.16. The quantitative estimate of drug-likeness (QED) is 0.583. The molecule has 1 aliphatic heterocycles. The number of carbonyl (C=O) groups is 1. The second-order valence-electron chi connectivity index (χ2n) is 4.34. The number of imidazole rings is 1. The van der Waals surface area contributed by atoms with Gasteiger partial charge in [0.05, 0.1) is 24.8 Å². The van der Waals surface area contributed by atoms with E-state index in [1.165, 1.54) is 7.11 Å². The Morgan fingerprint density at radius 1 is 1.55 bits per heavy atom. The van der Waals surface area contributed by atoms with Crippen LogP contribution >= 0.6 is 0 Å². The van der Waals surface area contributed by atoms with Gasteiger partial charge in [0.1, 0.15) is 23.9 Å². The van der Waals surface area contributed by atoms with E-state index in [9.17, 15) is 4.79 Å². The van der Waals surface area contributed by atoms with Gasteiger partial charge in [-0.15, -0.1) is 6.42 Å². The van der Waals surface area contributed by atoms with Gasteiger partial charge in [0, 0.05) is 6.20 Å². The lowest BCUT2D eigenvalue weighted by Crippen LogP contribution is -2.04. The van der Waals surface area contributed by atoms with Gasteiger partial charge in [0.25, 0.3) is 0 Å². The first kappa shape index (κ1) is 12.3. The molecule has 0 radical (unpaired) electrons. The van der Waals surface area contributed by atoms with Crippen molar-refractivity contribution in [2.24, 2.45) is 0 Å². The van der Waals surface area contributed by atoms with Crippen LogP contribution in [-0.4, -0.2) is 29.2 Å². The zero-order chi connectivity index (χ0) is 14.1. The standard InChI is InChI=1S/C15H12N2O3/c1-3-11-9-17-6-7-20-13-5-4-10(15(18)19-2)8-12(13)14(17)16-11/h1,4-5,8-9H,6-7H2,2H3. The van der Waals surface area contributed by atoms with E-state index in [-0.39, 0.29) is 0 Å². The molecular formula is C15H12N2O3. The van der Waals surface area contributed by atoms with Gasteiger partial charge in [-0.05, 0) is 24.1 Å². The van der Waals surface area contributed by atoms with Crippen LogP contribution in [0.2, 0.25) is 0 Å². The third-order valence-corrected chi connectivity index (χ3v) is 3.16. The van der Waals surface area contributed by atoms with Gasteiger partial charge in [-0.25, -0.2) is 9.78 Å². The van der Waals surface area contributed by atoms with Gasteiger partial charge in [-0.2, -0.15) is 0 Å². The highest BCUT2D eigenvalue weighted by Gasteiger charge is 2.20. The Morgan fingerprint density at radius 3 is 3.15 bits per heavy atom. The Kier molecular flexibility index (Phi) is 2.92. The van der Waals surface area contributed by atoms with Crippen molar-refractivity contribution in [1.29, 1.82) is 0 Å². The van der Waals surface area contributed by atoms with Crippen molar-refractivity contribution >= 4 is 5.97 Å². The summed E-state index contributed by atoms with van der Waals surface area (Å²) in [4.78, 5) is 16.0. The molecule has 1 aromatic heterocycles. The molecule has 0 bridgehead atoms. The highest BCUT2D eigenvalue weighted by molar-refractivity contribution is 5.91. The van der Waals surface area contributed by atoms with Gasteiger partial charge >= 0.3 is 5.97 Å². The second kappa shape index (κ2) is 4.74. The van der Waals surface area contributed by atoms with Crippen LogP contribution in [0.1, 0.15) is 16.1 Å². The summed E-state index contributed by atoms with van der Waals surface area (Å²) >= 11 is 0. The summed E-state index contributed by atoms with van der Waals surface area (Å²) in [6.45, 7) is 1.18. The molecule has 0 spiro atoms. The minimum atomic E-state index is -0.396. The van der Waals surface area contributed by atoms with Crippen LogP contribution in [0.5, 0.6) is 5.75 Å². The van der Waals surface area contributed by atoms with Crippen LogP contribution in [0.25, 0.3) is 11.4 Å². The number of aromatic nitrogens is 2. The summed E-state index contributed by atoms with van der Waals surface area (Å²) in [7, 11) is 1.35. The summed E-state index contributed by atoms with van der Waals surface area (Å²) in [5, 5.41) is 0. The summed E-state index contributed by atoms with van der Waals surface area (Å²) < 4.78 is 12.3. The van der Waals surface area contributed by atoms with E-state index < -0.39 is 5.97 Å². The normalized spacial score (nSPS) is 12.4. The Labute approximate surface area is 116 Å². The average Bonchev–Trinajstić information content (AvgIpc) is 2.82. The Morgan fingerprint density at radius 2 is 2.40 bits per heavy atom. The molecule has 20 heavy (non-hydrogen) atoms. The molecule has 0 saturated heterocycles. The fourth-order valence-corrected chi connectivity index (χ4v) is 2.20. The summed E-state index contributed by atoms with van der Waals surface area (Å²) in [6.07, 6.45) is 7.19. The summed E-state index contributed by atoms with van der Waals surface area (Å²) in [5.74, 6) is 3.51. The zero-order valence-corrected chi connectivity index (χ0v) is 10.9. The zero-order valence-electron chi connectivity index (χ0n) is 10.9. The highest BCUT2D eigenvalue weighted by Crippen LogP contribution is 2.32. The number of nitrogens with zero attached hydrogens (tertiary/aromatic N) is 2. The molecule has 100 valence electrons. The minimum Gasteiger partial charge on any atom is -0.491 e. The lowest BCUT2D eigenvalue weighted by Gasteiger charge is -2.07. The van der Waals surface area contributed by atoms with Crippen LogP contribution < -0.4 is 4.74 Å². The van der Waals surface area contributed by atoms with Crippen LogP contribution in [0.4, 0.5) is 0 Å². The number of esters is 1. The third kappa shape index (κ3) is 1.91. The van der Waals surface area contributed by atoms with Crippen LogP contribution in [0.15, 0.2) is 24.4 Å². The summed E-state index contributed by atoms with van der Waals surface area (Å²) in [6, 6.07) is 5.14. The molecule has 0 unspecified atom stereocenters. The van der Waals surface area contributed by atoms with Crippen LogP contribution in [0, 0.1) is 12.3 Å². The molecule has 2 heterocycles. The van der Waals surface area contributed by atoms with Crippen LogP contribution in [0.3, 0.4) is 0 Å². The molecule has 5 nitrogen and oxygen atoms in total. The molecule has 0 amide bonds. The molecule has 0 fully saturated rings. The molecular weight excluding hydrogens is 256 g/mol. The van der Waals surface area contributed by atoms with Gasteiger partial charge in [0.15, 0.2) is 0 Å². The topological polar surface area (TPSA) is 53.4 Å². The van der Waals surface area contributed by atoms with Crippen molar-refractivity contribution in [2.45, 2.75) is 6.54 Å². The van der Waals surface area contributed by atoms with Crippen LogP contribution in [-0.2, 0) is 11.3 Å². The monoisotopic (exact) mass is 268 g/mol. The first-order chi connectivity index (χ1) is 9.72. The van der Waals surface area contributed by atoms with Gasteiger partial charge in [-0.3, -0.25) is 0 Å². The van der Waals surface area contributed by atoms with Gasteiger partial charge in [-0.1, -0.05) is 0 Å². The van der Waals surface area contributed by atoms with Crippen molar-refractivity contribution < 1.29 is 14.3 Å². The maximum absolute atomic E-state index is 11.6. The number of benzene rings is 1. The van der Waals surface area contributed by atoms with E-state index in [0.717, 1.165) is 5.56 Å². The minimum absolute atomic E-state index is 0.396. The maximum Gasteiger partial charge on any atom is 0.337 e. The number of fused-ring (bicyclic) bond motifs is 3. The van der Waals surface area contributed by atoms with Gasteiger partial charge in [0.2, 0.25) is 0 Å². The van der Waals surface area contributed by atoms with Crippen molar-refractivity contribution in [1.82, 2.24) is 9.55 Å². The van der Waals surface area contributed by atoms with Crippen molar-refractivity contribution in [3.8, 4) is 29.5 Å². The Bertz CT molecular complexity index is 725. The number of rotatable bonds is 1. The SMILES string of the molecule is C#Cc1cn2c(n1)-c1cc(C(=O)OC)ccc1OCC2. The van der Waals surface area contributed by atoms with E-state index in [1.807, 2.05) is 4.57 Å². The molecule has 1 aromatic carbocycles. The molecule has 1 aliphatic rings. The lowest BCUT2D eigenvalue weighted by atomic mass is 10.1. The first-order valence-electron chi connectivity index (χ1n) is 6.12. The molecule has 2 aromatic rings. The maximum atomic E-state index is 11.6. The largest absolute Gasteiger partial charge is 0.491 e. The fraction of sp³-hybridized carbons (Fsp3) is 0.200. The lowest BCUT2D eigenvalue weighted by molar-refractivity contribution is 0.0601. The second-order valence-corrected chi connectivity index (χ2v) is 4.34. The van der Waals surface area contributed by atoms with E-state index >= 15 is 0 Å². The fourth-order valence-electron chi connectivity index (χ4n) is 2.20. The van der Waals surface area contributed by atoms with E-state index in [0.29, 0.717) is 36.0 Å². The Hall–Kier alpha value is -2.74. The Balaban J connectivity index is 2.18. The van der Waals surface area contributed by atoms with Gasteiger partial charge < -0.3 is 14.0 Å². The first-order valence-corrected chi connectivity index (χ1v) is 6.12. The number of hydrogen-bond acceptors (Lipinski definition) is 4. The molecule has 3 rings (SSSR count). The molecule has 0 saturated carbocycles.